The van der Waals surface area contributed by atoms with Crippen molar-refractivity contribution < 1.29 is 9.64 Å². The van der Waals surface area contributed by atoms with Crippen LogP contribution in [0.5, 0.6) is 0 Å². The van der Waals surface area contributed by atoms with Gasteiger partial charge < -0.3 is 14.5 Å². The van der Waals surface area contributed by atoms with E-state index in [1.54, 1.807) is 12.0 Å². The van der Waals surface area contributed by atoms with Gasteiger partial charge in [-0.15, -0.1) is 5.10 Å². The lowest BCUT2D eigenvalue weighted by Crippen LogP contribution is -3.13. The maximum absolute atomic E-state index is 5.23. The van der Waals surface area contributed by atoms with E-state index in [2.05, 4.69) is 65.7 Å². The molecule has 0 bridgehead atoms. The van der Waals surface area contributed by atoms with E-state index in [0.717, 1.165) is 24.8 Å². The van der Waals surface area contributed by atoms with E-state index < -0.39 is 0 Å². The monoisotopic (exact) mass is 359 g/mol. The van der Waals surface area contributed by atoms with Crippen LogP contribution in [0.15, 0.2) is 24.3 Å². The topological polar surface area (TPSA) is 60.5 Å². The first-order valence-corrected chi connectivity index (χ1v) is 9.47. The Morgan fingerprint density at radius 3 is 2.54 bits per heavy atom. The van der Waals surface area contributed by atoms with Gasteiger partial charge in [-0.25, -0.2) is 4.68 Å². The Kier molecular flexibility index (Phi) is 6.21. The van der Waals surface area contributed by atoms with Gasteiger partial charge in [0.25, 0.3) is 0 Å². The van der Waals surface area contributed by atoms with Crippen LogP contribution < -0.4 is 9.80 Å². The van der Waals surface area contributed by atoms with Crippen LogP contribution in [0.4, 0.5) is 5.69 Å². The number of tetrazole rings is 1. The van der Waals surface area contributed by atoms with Crippen LogP contribution in [0.3, 0.4) is 0 Å². The average Bonchev–Trinajstić information content (AvgIpc) is 3.10. The van der Waals surface area contributed by atoms with Gasteiger partial charge in [0.2, 0.25) is 5.82 Å². The molecule has 1 N–H and O–H groups in total. The van der Waals surface area contributed by atoms with E-state index in [0.29, 0.717) is 13.2 Å². The number of benzene rings is 1. The molecule has 0 amide bonds. The molecule has 0 saturated carbocycles. The summed E-state index contributed by atoms with van der Waals surface area (Å²) in [6.07, 6.45) is 2.50. The molecule has 142 valence electrons. The fourth-order valence-electron chi connectivity index (χ4n) is 3.71. The molecule has 26 heavy (non-hydrogen) atoms. The van der Waals surface area contributed by atoms with Crippen molar-refractivity contribution in [1.82, 2.24) is 20.2 Å². The lowest BCUT2D eigenvalue weighted by atomic mass is 9.95. The third-order valence-electron chi connectivity index (χ3n) is 5.39. The molecule has 7 heteroatoms. The van der Waals surface area contributed by atoms with Gasteiger partial charge in [-0.05, 0) is 41.3 Å². The average molecular weight is 359 g/mol. The number of anilines is 1. The van der Waals surface area contributed by atoms with Crippen LogP contribution in [0.25, 0.3) is 0 Å². The van der Waals surface area contributed by atoms with E-state index in [4.69, 9.17) is 4.74 Å². The molecular weight excluding hydrogens is 328 g/mol. The van der Waals surface area contributed by atoms with E-state index in [9.17, 15) is 0 Å². The van der Waals surface area contributed by atoms with Crippen molar-refractivity contribution in [2.24, 2.45) is 5.92 Å². The molecule has 0 spiro atoms. The Labute approximate surface area is 155 Å². The summed E-state index contributed by atoms with van der Waals surface area (Å²) in [7, 11) is 5.84. The lowest BCUT2D eigenvalue weighted by Gasteiger charge is -2.33. The summed E-state index contributed by atoms with van der Waals surface area (Å²) in [6, 6.07) is 8.96. The first-order chi connectivity index (χ1) is 12.6. The Morgan fingerprint density at radius 2 is 1.92 bits per heavy atom. The number of piperidine rings is 1. The normalized spacial score (nSPS) is 21.5. The van der Waals surface area contributed by atoms with Crippen LogP contribution >= 0.6 is 0 Å². The molecule has 7 nitrogen and oxygen atoms in total. The summed E-state index contributed by atoms with van der Waals surface area (Å²) in [6.45, 7) is 5.93. The Bertz CT molecular complexity index is 676. The summed E-state index contributed by atoms with van der Waals surface area (Å²) in [5.74, 6) is 1.74. The minimum absolute atomic E-state index is 0.158. The van der Waals surface area contributed by atoms with Crippen molar-refractivity contribution in [3.63, 3.8) is 0 Å². The summed E-state index contributed by atoms with van der Waals surface area (Å²) in [5.41, 5.74) is 2.47. The van der Waals surface area contributed by atoms with E-state index >= 15 is 0 Å². The van der Waals surface area contributed by atoms with Crippen molar-refractivity contribution in [2.45, 2.75) is 32.4 Å². The van der Waals surface area contributed by atoms with Crippen LogP contribution in [-0.4, -0.2) is 61.1 Å². The highest BCUT2D eigenvalue weighted by Crippen LogP contribution is 2.22. The van der Waals surface area contributed by atoms with Crippen LogP contribution in [0.1, 0.15) is 37.2 Å². The minimum Gasteiger partial charge on any atom is -0.383 e. The maximum Gasteiger partial charge on any atom is 0.214 e. The predicted molar refractivity (Wildman–Crippen MR) is 101 cm³/mol. The number of methoxy groups -OCH3 is 1. The van der Waals surface area contributed by atoms with Crippen molar-refractivity contribution in [2.75, 3.05) is 45.8 Å². The van der Waals surface area contributed by atoms with Gasteiger partial charge >= 0.3 is 0 Å². The van der Waals surface area contributed by atoms with Crippen molar-refractivity contribution in [1.29, 1.82) is 0 Å². The Balaban J connectivity index is 1.93. The molecule has 0 unspecified atom stereocenters. The lowest BCUT2D eigenvalue weighted by molar-refractivity contribution is -0.932. The number of likely N-dealkylation sites (tertiary alicyclic amines) is 1. The molecule has 1 atom stereocenters. The second-order valence-corrected chi connectivity index (χ2v) is 7.51. The zero-order valence-electron chi connectivity index (χ0n) is 16.4. The minimum atomic E-state index is 0.158. The Morgan fingerprint density at radius 1 is 1.23 bits per heavy atom. The van der Waals surface area contributed by atoms with Gasteiger partial charge in [-0.3, -0.25) is 0 Å². The maximum atomic E-state index is 5.23. The molecule has 1 aromatic carbocycles. The fraction of sp³-hybridized carbons (Fsp3) is 0.632. The zero-order valence-corrected chi connectivity index (χ0v) is 16.4. The third-order valence-corrected chi connectivity index (χ3v) is 5.39. The molecule has 0 aliphatic carbocycles. The number of nitrogens with zero attached hydrogens (tertiary/aromatic N) is 5. The highest BCUT2D eigenvalue weighted by molar-refractivity contribution is 5.46. The Hall–Kier alpha value is -1.99. The quantitative estimate of drug-likeness (QED) is 0.792. The number of nitrogens with one attached hydrogen (secondary N) is 1. The van der Waals surface area contributed by atoms with Crippen molar-refractivity contribution in [3.8, 4) is 0 Å². The van der Waals surface area contributed by atoms with Crippen LogP contribution in [0.2, 0.25) is 0 Å². The summed E-state index contributed by atoms with van der Waals surface area (Å²) in [4.78, 5) is 3.67. The largest absolute Gasteiger partial charge is 0.383 e. The second kappa shape index (κ2) is 8.60. The molecule has 2 aromatic rings. The van der Waals surface area contributed by atoms with E-state index in [1.807, 2.05) is 4.68 Å². The first-order valence-electron chi connectivity index (χ1n) is 9.47. The van der Waals surface area contributed by atoms with Crippen molar-refractivity contribution in [3.05, 3.63) is 35.7 Å². The van der Waals surface area contributed by atoms with Gasteiger partial charge in [0.1, 0.15) is 0 Å². The van der Waals surface area contributed by atoms with E-state index in [-0.39, 0.29) is 6.04 Å². The standard InChI is InChI=1S/C19H30N6O/c1-15-9-11-24(12-10-15)18(16-5-7-17(8-6-16)23(2)3)19-20-21-22-25(19)13-14-26-4/h5-8,15,18H,9-14H2,1-4H3/p+1/t18-/m0/s1. The van der Waals surface area contributed by atoms with Crippen LogP contribution in [0, 0.1) is 5.92 Å². The summed E-state index contributed by atoms with van der Waals surface area (Å²) < 4.78 is 7.13. The molecule has 2 heterocycles. The van der Waals surface area contributed by atoms with Gasteiger partial charge in [0, 0.05) is 32.5 Å². The number of ether oxygens (including phenoxy) is 1. The SMILES string of the molecule is COCCn1nnnc1[C@H](c1ccc(N(C)C)cc1)[NH+]1CCC(C)CC1. The van der Waals surface area contributed by atoms with Gasteiger partial charge in [0.15, 0.2) is 6.04 Å². The molecule has 1 saturated heterocycles. The molecule has 1 aromatic heterocycles. The van der Waals surface area contributed by atoms with Gasteiger partial charge in [-0.2, -0.15) is 0 Å². The molecule has 0 radical (unpaired) electrons. The summed E-state index contributed by atoms with van der Waals surface area (Å²) in [5, 5.41) is 12.6. The molecule has 1 aliphatic heterocycles. The van der Waals surface area contributed by atoms with Crippen molar-refractivity contribution >= 4 is 5.69 Å². The first kappa shape index (κ1) is 18.8. The molecular formula is C19H31N6O+. The smallest absolute Gasteiger partial charge is 0.214 e. The predicted octanol–water partition coefficient (Wildman–Crippen LogP) is 0.790. The number of aromatic nitrogens is 4. The number of rotatable bonds is 7. The van der Waals surface area contributed by atoms with Crippen LogP contribution in [-0.2, 0) is 11.3 Å². The second-order valence-electron chi connectivity index (χ2n) is 7.51. The summed E-state index contributed by atoms with van der Waals surface area (Å²) >= 11 is 0. The van der Waals surface area contributed by atoms with Gasteiger partial charge in [-0.1, -0.05) is 19.1 Å². The van der Waals surface area contributed by atoms with E-state index in [1.165, 1.54) is 24.1 Å². The molecule has 1 aliphatic rings. The fourth-order valence-corrected chi connectivity index (χ4v) is 3.71. The number of quaternary nitrogens is 1. The number of hydrogen-bond acceptors (Lipinski definition) is 5. The third kappa shape index (κ3) is 4.22. The molecule has 3 rings (SSSR count). The van der Waals surface area contributed by atoms with Gasteiger partial charge in [0.05, 0.1) is 26.2 Å². The highest BCUT2D eigenvalue weighted by atomic mass is 16.5. The zero-order chi connectivity index (χ0) is 18.5. The molecule has 1 fully saturated rings. The number of hydrogen-bond donors (Lipinski definition) is 1. The highest BCUT2D eigenvalue weighted by Gasteiger charge is 2.33.